The molecule has 0 atom stereocenters. The number of anilines is 2. The van der Waals surface area contributed by atoms with Gasteiger partial charge in [0, 0.05) is 22.3 Å². The minimum atomic E-state index is -0.635. The number of esters is 1. The normalized spacial score (nSPS) is 10.3. The van der Waals surface area contributed by atoms with Gasteiger partial charge in [-0.2, -0.15) is 0 Å². The molecule has 0 saturated heterocycles. The van der Waals surface area contributed by atoms with Crippen molar-refractivity contribution in [1.82, 2.24) is 0 Å². The lowest BCUT2D eigenvalue weighted by Crippen LogP contribution is -2.22. The van der Waals surface area contributed by atoms with E-state index in [1.165, 1.54) is 0 Å². The van der Waals surface area contributed by atoms with Crippen LogP contribution in [-0.4, -0.2) is 31.5 Å². The zero-order valence-electron chi connectivity index (χ0n) is 20.2. The molecule has 2 amide bonds. The molecule has 9 heteroatoms. The molecule has 0 radical (unpaired) electrons. The minimum absolute atomic E-state index is 0.0784. The van der Waals surface area contributed by atoms with Gasteiger partial charge in [0.1, 0.15) is 5.75 Å². The maximum absolute atomic E-state index is 12.2. The van der Waals surface area contributed by atoms with Crippen LogP contribution in [0, 0.1) is 13.8 Å². The van der Waals surface area contributed by atoms with Crippen LogP contribution in [0.15, 0.2) is 65.1 Å². The Balaban J connectivity index is 1.40. The van der Waals surface area contributed by atoms with Crippen molar-refractivity contribution in [2.24, 2.45) is 0 Å². The molecule has 0 fully saturated rings. The Morgan fingerprint density at radius 1 is 0.833 bits per heavy atom. The van der Waals surface area contributed by atoms with Gasteiger partial charge in [0.2, 0.25) is 5.91 Å². The minimum Gasteiger partial charge on any atom is -0.493 e. The highest BCUT2D eigenvalue weighted by atomic mass is 79.9. The van der Waals surface area contributed by atoms with Gasteiger partial charge in [-0.15, -0.1) is 0 Å². The lowest BCUT2D eigenvalue weighted by molar-refractivity contribution is -0.147. The molecule has 0 saturated carbocycles. The van der Waals surface area contributed by atoms with Gasteiger partial charge >= 0.3 is 5.97 Å². The molecule has 0 aliphatic rings. The van der Waals surface area contributed by atoms with Crippen LogP contribution in [0.5, 0.6) is 17.2 Å². The first-order valence-electron chi connectivity index (χ1n) is 11.2. The van der Waals surface area contributed by atoms with Crippen LogP contribution in [0.25, 0.3) is 0 Å². The average molecular weight is 555 g/mol. The number of hydrogen-bond acceptors (Lipinski definition) is 6. The van der Waals surface area contributed by atoms with Gasteiger partial charge in [-0.25, -0.2) is 0 Å². The number of ether oxygens (including phenoxy) is 3. The number of nitrogens with one attached hydrogen (secondary N) is 2. The quantitative estimate of drug-likeness (QED) is 0.308. The largest absolute Gasteiger partial charge is 0.493 e. The zero-order chi connectivity index (χ0) is 26.1. The first-order chi connectivity index (χ1) is 17.2. The van der Waals surface area contributed by atoms with E-state index in [0.717, 1.165) is 15.6 Å². The molecule has 2 N–H and O–H groups in total. The van der Waals surface area contributed by atoms with Crippen molar-refractivity contribution in [3.63, 3.8) is 0 Å². The van der Waals surface area contributed by atoms with Gasteiger partial charge in [0.15, 0.2) is 18.1 Å². The summed E-state index contributed by atoms with van der Waals surface area (Å²) in [5.41, 5.74) is 3.05. The maximum Gasteiger partial charge on any atom is 0.306 e. The van der Waals surface area contributed by atoms with Crippen molar-refractivity contribution in [2.45, 2.75) is 26.7 Å². The highest BCUT2D eigenvalue weighted by Gasteiger charge is 2.13. The van der Waals surface area contributed by atoms with Crippen molar-refractivity contribution in [2.75, 3.05) is 24.4 Å². The summed E-state index contributed by atoms with van der Waals surface area (Å²) in [6.07, 6.45) is -0.227. The fourth-order valence-corrected chi connectivity index (χ4v) is 3.65. The van der Waals surface area contributed by atoms with Gasteiger partial charge in [-0.1, -0.05) is 28.1 Å². The Hall–Kier alpha value is -3.85. The van der Waals surface area contributed by atoms with E-state index in [0.29, 0.717) is 28.6 Å². The van der Waals surface area contributed by atoms with Crippen molar-refractivity contribution < 1.29 is 28.6 Å². The Morgan fingerprint density at radius 2 is 1.53 bits per heavy atom. The predicted octanol–water partition coefficient (Wildman–Crippen LogP) is 5.77. The summed E-state index contributed by atoms with van der Waals surface area (Å²) in [5.74, 6) is 0.324. The molecule has 3 aromatic carbocycles. The van der Waals surface area contributed by atoms with Crippen LogP contribution in [0.3, 0.4) is 0 Å². The molecule has 0 aliphatic heterocycles. The monoisotopic (exact) mass is 554 g/mol. The third kappa shape index (κ3) is 7.84. The highest BCUT2D eigenvalue weighted by molar-refractivity contribution is 9.10. The second-order valence-electron chi connectivity index (χ2n) is 7.95. The second-order valence-corrected chi connectivity index (χ2v) is 8.80. The van der Waals surface area contributed by atoms with E-state index in [1.54, 1.807) is 43.5 Å². The number of para-hydroxylation sites is 2. The summed E-state index contributed by atoms with van der Waals surface area (Å²) in [6, 6.07) is 17.8. The van der Waals surface area contributed by atoms with Crippen molar-refractivity contribution in [3.05, 3.63) is 76.3 Å². The second kappa shape index (κ2) is 12.7. The molecule has 0 aromatic heterocycles. The molecule has 0 aliphatic carbocycles. The SMILES string of the molecule is COc1ccccc1Oc1ccc(NC(=O)CCC(=O)OCC(=O)Nc2cc(C)c(Br)cc2C)cc1. The molecule has 3 aromatic rings. The molecular formula is C27H27BrN2O6. The zero-order valence-corrected chi connectivity index (χ0v) is 21.8. The third-order valence-corrected chi connectivity index (χ3v) is 5.99. The number of methoxy groups -OCH3 is 1. The van der Waals surface area contributed by atoms with E-state index in [4.69, 9.17) is 14.2 Å². The van der Waals surface area contributed by atoms with Crippen LogP contribution in [-0.2, 0) is 19.1 Å². The van der Waals surface area contributed by atoms with E-state index < -0.39 is 18.5 Å². The number of aryl methyl sites for hydroxylation is 2. The topological polar surface area (TPSA) is 103 Å². The summed E-state index contributed by atoms with van der Waals surface area (Å²) in [4.78, 5) is 36.3. The van der Waals surface area contributed by atoms with Crippen LogP contribution >= 0.6 is 15.9 Å². The predicted molar refractivity (Wildman–Crippen MR) is 141 cm³/mol. The van der Waals surface area contributed by atoms with Crippen LogP contribution in [0.4, 0.5) is 11.4 Å². The fraction of sp³-hybridized carbons (Fsp3) is 0.222. The van der Waals surface area contributed by atoms with E-state index in [9.17, 15) is 14.4 Å². The smallest absolute Gasteiger partial charge is 0.306 e. The average Bonchev–Trinajstić information content (AvgIpc) is 2.86. The standard InChI is InChI=1S/C27H27BrN2O6/c1-17-15-22(18(2)14-21(17)28)30-26(32)16-35-27(33)13-12-25(31)29-19-8-10-20(11-9-19)36-24-7-5-4-6-23(24)34-3/h4-11,14-15H,12-13,16H2,1-3H3,(H,29,31)(H,30,32). The summed E-state index contributed by atoms with van der Waals surface area (Å²) in [6.45, 7) is 3.35. The first kappa shape index (κ1) is 26.7. The van der Waals surface area contributed by atoms with Crippen molar-refractivity contribution in [1.29, 1.82) is 0 Å². The number of carbonyl (C=O) groups excluding carboxylic acids is 3. The van der Waals surface area contributed by atoms with Gasteiger partial charge in [-0.05, 0) is 73.5 Å². The maximum atomic E-state index is 12.2. The molecule has 0 heterocycles. The number of amides is 2. The summed E-state index contributed by atoms with van der Waals surface area (Å²) in [7, 11) is 1.57. The number of rotatable bonds is 10. The lowest BCUT2D eigenvalue weighted by atomic mass is 10.1. The molecule has 36 heavy (non-hydrogen) atoms. The lowest BCUT2D eigenvalue weighted by Gasteiger charge is -2.11. The van der Waals surface area contributed by atoms with Gasteiger partial charge < -0.3 is 24.8 Å². The third-order valence-electron chi connectivity index (χ3n) is 5.14. The summed E-state index contributed by atoms with van der Waals surface area (Å²) in [5, 5.41) is 5.44. The molecule has 8 nitrogen and oxygen atoms in total. The van der Waals surface area contributed by atoms with Crippen LogP contribution in [0.2, 0.25) is 0 Å². The van der Waals surface area contributed by atoms with Crippen molar-refractivity contribution >= 4 is 45.1 Å². The molecule has 0 spiro atoms. The van der Waals surface area contributed by atoms with Gasteiger partial charge in [-0.3, -0.25) is 14.4 Å². The summed E-state index contributed by atoms with van der Waals surface area (Å²) >= 11 is 3.44. The van der Waals surface area contributed by atoms with E-state index in [1.807, 2.05) is 38.1 Å². The molecule has 0 bridgehead atoms. The van der Waals surface area contributed by atoms with E-state index in [2.05, 4.69) is 26.6 Å². The molecular weight excluding hydrogens is 528 g/mol. The Kier molecular flexibility index (Phi) is 9.46. The van der Waals surface area contributed by atoms with Crippen molar-refractivity contribution in [3.8, 4) is 17.2 Å². The highest BCUT2D eigenvalue weighted by Crippen LogP contribution is 2.31. The molecule has 188 valence electrons. The Labute approximate surface area is 218 Å². The number of benzene rings is 3. The molecule has 0 unspecified atom stereocenters. The Morgan fingerprint density at radius 3 is 2.22 bits per heavy atom. The van der Waals surface area contributed by atoms with E-state index >= 15 is 0 Å². The van der Waals surface area contributed by atoms with Gasteiger partial charge in [0.05, 0.1) is 13.5 Å². The number of carbonyl (C=O) groups is 3. The van der Waals surface area contributed by atoms with Gasteiger partial charge in [0.25, 0.3) is 5.91 Å². The number of hydrogen-bond donors (Lipinski definition) is 2. The van der Waals surface area contributed by atoms with Crippen LogP contribution in [0.1, 0.15) is 24.0 Å². The number of halogens is 1. The first-order valence-corrected chi connectivity index (χ1v) is 12.0. The summed E-state index contributed by atoms with van der Waals surface area (Å²) < 4.78 is 17.0. The Bertz CT molecular complexity index is 1240. The molecule has 3 rings (SSSR count). The fourth-order valence-electron chi connectivity index (χ4n) is 3.20. The van der Waals surface area contributed by atoms with Crippen LogP contribution < -0.4 is 20.1 Å². The van der Waals surface area contributed by atoms with E-state index in [-0.39, 0.29) is 18.7 Å².